The Morgan fingerprint density at radius 3 is 2.44 bits per heavy atom. The molecule has 0 N–H and O–H groups in total. The lowest BCUT2D eigenvalue weighted by atomic mass is 10.2. The zero-order chi connectivity index (χ0) is 13.0. The maximum absolute atomic E-state index is 10.5. The van der Waals surface area contributed by atoms with E-state index in [2.05, 4.69) is 11.9 Å². The van der Waals surface area contributed by atoms with E-state index < -0.39 is 4.92 Å². The van der Waals surface area contributed by atoms with Crippen LogP contribution in [-0.2, 0) is 6.42 Å². The van der Waals surface area contributed by atoms with E-state index in [1.807, 2.05) is 24.3 Å². The molecule has 1 aromatic carbocycles. The van der Waals surface area contributed by atoms with Gasteiger partial charge in [0.25, 0.3) is 5.69 Å². The third-order valence-corrected chi connectivity index (χ3v) is 2.49. The van der Waals surface area contributed by atoms with E-state index in [1.165, 1.54) is 23.9 Å². The third kappa shape index (κ3) is 2.82. The highest BCUT2D eigenvalue weighted by Gasteiger charge is 2.06. The van der Waals surface area contributed by atoms with E-state index in [4.69, 9.17) is 4.74 Å². The SMILES string of the molecule is CCc1ccc(Oc2ccc([N+](=O)[O-])cn2)cc1. The van der Waals surface area contributed by atoms with Crippen molar-refractivity contribution in [2.45, 2.75) is 13.3 Å². The molecule has 0 amide bonds. The topological polar surface area (TPSA) is 65.3 Å². The van der Waals surface area contributed by atoms with Crippen LogP contribution in [0.25, 0.3) is 0 Å². The molecular weight excluding hydrogens is 232 g/mol. The minimum Gasteiger partial charge on any atom is -0.439 e. The van der Waals surface area contributed by atoms with E-state index in [0.717, 1.165) is 6.42 Å². The van der Waals surface area contributed by atoms with Crippen LogP contribution in [0.5, 0.6) is 11.6 Å². The molecule has 0 saturated carbocycles. The molecule has 0 bridgehead atoms. The Morgan fingerprint density at radius 1 is 1.22 bits per heavy atom. The highest BCUT2D eigenvalue weighted by molar-refractivity contribution is 5.33. The molecule has 0 aliphatic carbocycles. The van der Waals surface area contributed by atoms with Gasteiger partial charge in [0, 0.05) is 12.1 Å². The van der Waals surface area contributed by atoms with Crippen LogP contribution < -0.4 is 4.74 Å². The molecule has 0 atom stereocenters. The summed E-state index contributed by atoms with van der Waals surface area (Å²) in [5.41, 5.74) is 1.17. The number of benzene rings is 1. The fraction of sp³-hybridized carbons (Fsp3) is 0.154. The first-order chi connectivity index (χ1) is 8.69. The maximum atomic E-state index is 10.5. The Labute approximate surface area is 104 Å². The average Bonchev–Trinajstić information content (AvgIpc) is 2.40. The standard InChI is InChI=1S/C13H12N2O3/c1-2-10-3-6-12(7-4-10)18-13-8-5-11(9-14-13)15(16)17/h3-9H,2H2,1H3. The summed E-state index contributed by atoms with van der Waals surface area (Å²) in [7, 11) is 0. The molecule has 0 aliphatic rings. The smallest absolute Gasteiger partial charge is 0.287 e. The summed E-state index contributed by atoms with van der Waals surface area (Å²) in [4.78, 5) is 13.8. The van der Waals surface area contributed by atoms with Gasteiger partial charge in [0.1, 0.15) is 11.9 Å². The van der Waals surface area contributed by atoms with Gasteiger partial charge in [-0.2, -0.15) is 0 Å². The van der Waals surface area contributed by atoms with Crippen LogP contribution in [0.15, 0.2) is 42.6 Å². The van der Waals surface area contributed by atoms with Crippen molar-refractivity contribution >= 4 is 5.69 Å². The van der Waals surface area contributed by atoms with Gasteiger partial charge < -0.3 is 4.74 Å². The second kappa shape index (κ2) is 5.27. The zero-order valence-corrected chi connectivity index (χ0v) is 9.87. The molecule has 5 nitrogen and oxygen atoms in total. The van der Waals surface area contributed by atoms with Gasteiger partial charge in [-0.05, 0) is 24.1 Å². The van der Waals surface area contributed by atoms with E-state index in [1.54, 1.807) is 0 Å². The predicted molar refractivity (Wildman–Crippen MR) is 66.8 cm³/mol. The fourth-order valence-corrected chi connectivity index (χ4v) is 1.45. The number of hydrogen-bond acceptors (Lipinski definition) is 4. The van der Waals surface area contributed by atoms with Gasteiger partial charge in [-0.15, -0.1) is 0 Å². The molecule has 2 aromatic rings. The summed E-state index contributed by atoms with van der Waals surface area (Å²) in [6.07, 6.45) is 2.14. The number of aryl methyl sites for hydroxylation is 1. The first kappa shape index (κ1) is 12.0. The summed E-state index contributed by atoms with van der Waals surface area (Å²) >= 11 is 0. The van der Waals surface area contributed by atoms with Crippen LogP contribution in [0.4, 0.5) is 5.69 Å². The van der Waals surface area contributed by atoms with E-state index in [0.29, 0.717) is 11.6 Å². The number of nitro groups is 1. The molecule has 5 heteroatoms. The largest absolute Gasteiger partial charge is 0.439 e. The molecule has 18 heavy (non-hydrogen) atoms. The predicted octanol–water partition coefficient (Wildman–Crippen LogP) is 3.34. The molecule has 0 radical (unpaired) electrons. The highest BCUT2D eigenvalue weighted by atomic mass is 16.6. The average molecular weight is 244 g/mol. The van der Waals surface area contributed by atoms with Gasteiger partial charge in [0.2, 0.25) is 5.88 Å². The van der Waals surface area contributed by atoms with Crippen LogP contribution in [0.1, 0.15) is 12.5 Å². The summed E-state index contributed by atoms with van der Waals surface area (Å²) in [6.45, 7) is 2.08. The number of hydrogen-bond donors (Lipinski definition) is 0. The quantitative estimate of drug-likeness (QED) is 0.611. The number of ether oxygens (including phenoxy) is 1. The van der Waals surface area contributed by atoms with E-state index >= 15 is 0 Å². The summed E-state index contributed by atoms with van der Waals surface area (Å²) in [5.74, 6) is 0.999. The first-order valence-corrected chi connectivity index (χ1v) is 5.56. The van der Waals surface area contributed by atoms with Crippen molar-refractivity contribution in [2.75, 3.05) is 0 Å². The lowest BCUT2D eigenvalue weighted by molar-refractivity contribution is -0.385. The summed E-state index contributed by atoms with van der Waals surface area (Å²) < 4.78 is 5.48. The molecule has 0 saturated heterocycles. The molecule has 0 spiro atoms. The summed E-state index contributed by atoms with van der Waals surface area (Å²) in [6, 6.07) is 10.5. The minimum absolute atomic E-state index is 0.0521. The number of pyridine rings is 1. The van der Waals surface area contributed by atoms with Crippen molar-refractivity contribution in [3.63, 3.8) is 0 Å². The molecule has 0 fully saturated rings. The Morgan fingerprint density at radius 2 is 1.94 bits per heavy atom. The van der Waals surface area contributed by atoms with Gasteiger partial charge in [-0.1, -0.05) is 19.1 Å². The van der Waals surface area contributed by atoms with Crippen molar-refractivity contribution < 1.29 is 9.66 Å². The van der Waals surface area contributed by atoms with Crippen LogP contribution in [0, 0.1) is 10.1 Å². The van der Waals surface area contributed by atoms with E-state index in [9.17, 15) is 10.1 Å². The Hall–Kier alpha value is -2.43. The molecule has 1 heterocycles. The molecule has 0 unspecified atom stereocenters. The second-order valence-electron chi connectivity index (χ2n) is 3.71. The van der Waals surface area contributed by atoms with Gasteiger partial charge in [-0.25, -0.2) is 4.98 Å². The van der Waals surface area contributed by atoms with Gasteiger partial charge in [0.15, 0.2) is 0 Å². The van der Waals surface area contributed by atoms with Crippen molar-refractivity contribution in [1.29, 1.82) is 0 Å². The number of rotatable bonds is 4. The molecule has 92 valence electrons. The van der Waals surface area contributed by atoms with Crippen molar-refractivity contribution in [1.82, 2.24) is 4.98 Å². The lowest BCUT2D eigenvalue weighted by Gasteiger charge is -2.04. The Bertz CT molecular complexity index is 535. The van der Waals surface area contributed by atoms with E-state index in [-0.39, 0.29) is 5.69 Å². The van der Waals surface area contributed by atoms with Crippen LogP contribution in [0.3, 0.4) is 0 Å². The van der Waals surface area contributed by atoms with Gasteiger partial charge in [-0.3, -0.25) is 10.1 Å². The van der Waals surface area contributed by atoms with Crippen LogP contribution in [0.2, 0.25) is 0 Å². The number of aromatic nitrogens is 1. The number of nitrogens with zero attached hydrogens (tertiary/aromatic N) is 2. The third-order valence-electron chi connectivity index (χ3n) is 2.49. The molecule has 2 rings (SSSR count). The Kier molecular flexibility index (Phi) is 3.52. The van der Waals surface area contributed by atoms with Crippen LogP contribution >= 0.6 is 0 Å². The summed E-state index contributed by atoms with van der Waals surface area (Å²) in [5, 5.41) is 10.5. The highest BCUT2D eigenvalue weighted by Crippen LogP contribution is 2.21. The van der Waals surface area contributed by atoms with Gasteiger partial charge >= 0.3 is 0 Å². The Balaban J connectivity index is 2.10. The molecule has 0 aliphatic heterocycles. The lowest BCUT2D eigenvalue weighted by Crippen LogP contribution is -1.91. The molecular formula is C13H12N2O3. The zero-order valence-electron chi connectivity index (χ0n) is 9.87. The maximum Gasteiger partial charge on any atom is 0.287 e. The van der Waals surface area contributed by atoms with Gasteiger partial charge in [0.05, 0.1) is 4.92 Å². The van der Waals surface area contributed by atoms with Crippen molar-refractivity contribution in [2.24, 2.45) is 0 Å². The second-order valence-corrected chi connectivity index (χ2v) is 3.71. The first-order valence-electron chi connectivity index (χ1n) is 5.56. The molecule has 1 aromatic heterocycles. The van der Waals surface area contributed by atoms with Crippen LogP contribution in [-0.4, -0.2) is 9.91 Å². The monoisotopic (exact) mass is 244 g/mol. The minimum atomic E-state index is -0.493. The van der Waals surface area contributed by atoms with Crippen molar-refractivity contribution in [3.05, 3.63) is 58.3 Å². The van der Waals surface area contributed by atoms with Crippen molar-refractivity contribution in [3.8, 4) is 11.6 Å². The normalized spacial score (nSPS) is 10.1. The fourth-order valence-electron chi connectivity index (χ4n) is 1.45.